The molecule has 0 radical (unpaired) electrons. The molecule has 24 heavy (non-hydrogen) atoms. The highest BCUT2D eigenvalue weighted by atomic mass is 32.1. The summed E-state index contributed by atoms with van der Waals surface area (Å²) in [5.74, 6) is -0.831. The molecule has 2 amide bonds. The van der Waals surface area contributed by atoms with E-state index in [1.807, 2.05) is 24.1 Å². The summed E-state index contributed by atoms with van der Waals surface area (Å²) in [6.45, 7) is 4.01. The van der Waals surface area contributed by atoms with E-state index in [1.165, 1.54) is 11.3 Å². The van der Waals surface area contributed by atoms with E-state index < -0.39 is 5.97 Å². The lowest BCUT2D eigenvalue weighted by molar-refractivity contribution is -0.154. The van der Waals surface area contributed by atoms with Crippen LogP contribution in [-0.2, 0) is 14.3 Å². The summed E-state index contributed by atoms with van der Waals surface area (Å²) in [5, 5.41) is 4.47. The zero-order valence-electron chi connectivity index (χ0n) is 14.1. The van der Waals surface area contributed by atoms with Gasteiger partial charge in [-0.3, -0.25) is 14.4 Å². The third-order valence-corrected chi connectivity index (χ3v) is 5.07. The van der Waals surface area contributed by atoms with Gasteiger partial charge in [-0.25, -0.2) is 0 Å². The lowest BCUT2D eigenvalue weighted by Crippen LogP contribution is -2.49. The second-order valence-corrected chi connectivity index (χ2v) is 7.02. The Kier molecular flexibility index (Phi) is 6.78. The first-order valence-corrected chi connectivity index (χ1v) is 9.15. The zero-order valence-corrected chi connectivity index (χ0v) is 14.9. The number of hydrogen-bond acceptors (Lipinski definition) is 5. The highest BCUT2D eigenvalue weighted by molar-refractivity contribution is 7.12. The van der Waals surface area contributed by atoms with Crippen LogP contribution in [0, 0.1) is 0 Å². The predicted octanol–water partition coefficient (Wildman–Crippen LogP) is 2.20. The van der Waals surface area contributed by atoms with E-state index >= 15 is 0 Å². The van der Waals surface area contributed by atoms with Crippen LogP contribution in [0.25, 0.3) is 0 Å². The molecule has 0 saturated carbocycles. The first-order valence-electron chi connectivity index (χ1n) is 8.27. The van der Waals surface area contributed by atoms with E-state index in [-0.39, 0.29) is 43.5 Å². The Morgan fingerprint density at radius 1 is 1.29 bits per heavy atom. The maximum atomic E-state index is 12.2. The van der Waals surface area contributed by atoms with Crippen LogP contribution in [0.2, 0.25) is 0 Å². The Hall–Kier alpha value is -1.89. The first kappa shape index (κ1) is 18.4. The molecule has 1 fully saturated rings. The number of piperidine rings is 1. The van der Waals surface area contributed by atoms with Crippen molar-refractivity contribution in [1.82, 2.24) is 10.2 Å². The van der Waals surface area contributed by atoms with E-state index in [2.05, 4.69) is 5.32 Å². The number of hydrogen-bond donors (Lipinski definition) is 1. The number of carbonyl (C=O) groups is 3. The number of rotatable bonds is 6. The SMILES string of the molecule is CC1CCCC(C)N1C(=O)COC(=O)CCNC(=O)c1cccs1. The second kappa shape index (κ2) is 8.82. The number of nitrogens with zero attached hydrogens (tertiary/aromatic N) is 1. The summed E-state index contributed by atoms with van der Waals surface area (Å²) in [6.07, 6.45) is 3.14. The van der Waals surface area contributed by atoms with Crippen molar-refractivity contribution in [2.75, 3.05) is 13.2 Å². The van der Waals surface area contributed by atoms with Crippen LogP contribution in [0.15, 0.2) is 17.5 Å². The molecule has 2 rings (SSSR count). The highest BCUT2D eigenvalue weighted by Gasteiger charge is 2.29. The van der Waals surface area contributed by atoms with Crippen molar-refractivity contribution in [1.29, 1.82) is 0 Å². The Morgan fingerprint density at radius 3 is 2.62 bits per heavy atom. The van der Waals surface area contributed by atoms with Crippen molar-refractivity contribution in [3.8, 4) is 0 Å². The van der Waals surface area contributed by atoms with E-state index in [9.17, 15) is 14.4 Å². The molecular weight excluding hydrogens is 328 g/mol. The van der Waals surface area contributed by atoms with Crippen molar-refractivity contribution < 1.29 is 19.1 Å². The maximum Gasteiger partial charge on any atom is 0.308 e. The highest BCUT2D eigenvalue weighted by Crippen LogP contribution is 2.22. The van der Waals surface area contributed by atoms with Gasteiger partial charge in [0.1, 0.15) is 0 Å². The molecule has 1 N–H and O–H groups in total. The molecule has 0 spiro atoms. The molecule has 1 aromatic heterocycles. The summed E-state index contributed by atoms with van der Waals surface area (Å²) in [5.41, 5.74) is 0. The lowest BCUT2D eigenvalue weighted by Gasteiger charge is -2.38. The van der Waals surface area contributed by atoms with Crippen molar-refractivity contribution in [2.24, 2.45) is 0 Å². The van der Waals surface area contributed by atoms with Crippen LogP contribution >= 0.6 is 11.3 Å². The van der Waals surface area contributed by atoms with Gasteiger partial charge in [0.15, 0.2) is 6.61 Å². The number of ether oxygens (including phenoxy) is 1. The first-order chi connectivity index (χ1) is 11.5. The fourth-order valence-electron chi connectivity index (χ4n) is 2.97. The van der Waals surface area contributed by atoms with E-state index in [1.54, 1.807) is 12.1 Å². The Morgan fingerprint density at radius 2 is 2.00 bits per heavy atom. The van der Waals surface area contributed by atoms with Gasteiger partial charge < -0.3 is 15.0 Å². The number of thiophene rings is 1. The van der Waals surface area contributed by atoms with Crippen LogP contribution in [0.5, 0.6) is 0 Å². The molecule has 132 valence electrons. The summed E-state index contributed by atoms with van der Waals surface area (Å²) in [4.78, 5) is 38.1. The maximum absolute atomic E-state index is 12.2. The summed E-state index contributed by atoms with van der Waals surface area (Å²) in [6, 6.07) is 3.88. The molecule has 0 aromatic carbocycles. The number of amides is 2. The summed E-state index contributed by atoms with van der Waals surface area (Å²) >= 11 is 1.34. The van der Waals surface area contributed by atoms with E-state index in [0.717, 1.165) is 19.3 Å². The molecular formula is C17H24N2O4S. The minimum atomic E-state index is -0.479. The minimum Gasteiger partial charge on any atom is -0.456 e. The lowest BCUT2D eigenvalue weighted by atomic mass is 9.97. The van der Waals surface area contributed by atoms with Crippen LogP contribution in [0.1, 0.15) is 49.2 Å². The third kappa shape index (κ3) is 5.06. The van der Waals surface area contributed by atoms with Gasteiger partial charge in [0.2, 0.25) is 0 Å². The normalized spacial score (nSPS) is 20.5. The molecule has 0 aliphatic carbocycles. The Labute approximate surface area is 146 Å². The summed E-state index contributed by atoms with van der Waals surface area (Å²) < 4.78 is 5.05. The quantitative estimate of drug-likeness (QED) is 0.797. The number of nitrogens with one attached hydrogen (secondary N) is 1. The number of likely N-dealkylation sites (tertiary alicyclic amines) is 1. The standard InChI is InChI=1S/C17H24N2O4S/c1-12-5-3-6-13(2)19(12)15(20)11-23-16(21)8-9-18-17(22)14-7-4-10-24-14/h4,7,10,12-13H,3,5-6,8-9,11H2,1-2H3,(H,18,22). The molecule has 1 saturated heterocycles. The molecule has 1 aliphatic heterocycles. The van der Waals surface area contributed by atoms with Crippen molar-refractivity contribution >= 4 is 29.1 Å². The van der Waals surface area contributed by atoms with Crippen LogP contribution in [-0.4, -0.2) is 47.9 Å². The third-order valence-electron chi connectivity index (χ3n) is 4.20. The van der Waals surface area contributed by atoms with Crippen molar-refractivity contribution in [3.63, 3.8) is 0 Å². The molecule has 1 aromatic rings. The molecule has 0 bridgehead atoms. The molecule has 2 unspecified atom stereocenters. The van der Waals surface area contributed by atoms with Gasteiger partial charge in [0.25, 0.3) is 11.8 Å². The van der Waals surface area contributed by atoms with Gasteiger partial charge in [-0.1, -0.05) is 6.07 Å². The van der Waals surface area contributed by atoms with E-state index in [4.69, 9.17) is 4.74 Å². The average Bonchev–Trinajstić information content (AvgIpc) is 3.07. The zero-order chi connectivity index (χ0) is 17.5. The summed E-state index contributed by atoms with van der Waals surface area (Å²) in [7, 11) is 0. The van der Waals surface area contributed by atoms with Crippen LogP contribution < -0.4 is 5.32 Å². The molecule has 6 nitrogen and oxygen atoms in total. The molecule has 2 heterocycles. The number of esters is 1. The van der Waals surface area contributed by atoms with Crippen LogP contribution in [0.4, 0.5) is 0 Å². The Bertz CT molecular complexity index is 563. The molecule has 2 atom stereocenters. The molecule has 7 heteroatoms. The van der Waals surface area contributed by atoms with Gasteiger partial charge in [0.05, 0.1) is 11.3 Å². The predicted molar refractivity (Wildman–Crippen MR) is 91.8 cm³/mol. The van der Waals surface area contributed by atoms with E-state index in [0.29, 0.717) is 4.88 Å². The van der Waals surface area contributed by atoms with Gasteiger partial charge in [-0.05, 0) is 44.6 Å². The largest absolute Gasteiger partial charge is 0.456 e. The molecule has 1 aliphatic rings. The number of carbonyl (C=O) groups excluding carboxylic acids is 3. The van der Waals surface area contributed by atoms with Crippen LogP contribution in [0.3, 0.4) is 0 Å². The fraction of sp³-hybridized carbons (Fsp3) is 0.588. The van der Waals surface area contributed by atoms with Gasteiger partial charge in [0, 0.05) is 18.6 Å². The van der Waals surface area contributed by atoms with Gasteiger partial charge in [-0.15, -0.1) is 11.3 Å². The fourth-order valence-corrected chi connectivity index (χ4v) is 3.61. The van der Waals surface area contributed by atoms with Crippen molar-refractivity contribution in [3.05, 3.63) is 22.4 Å². The Balaban J connectivity index is 1.67. The second-order valence-electron chi connectivity index (χ2n) is 6.07. The van der Waals surface area contributed by atoms with Gasteiger partial charge in [-0.2, -0.15) is 0 Å². The smallest absolute Gasteiger partial charge is 0.308 e. The monoisotopic (exact) mass is 352 g/mol. The topological polar surface area (TPSA) is 75.7 Å². The minimum absolute atomic E-state index is 0.0511. The van der Waals surface area contributed by atoms with Crippen molar-refractivity contribution in [2.45, 2.75) is 51.6 Å². The van der Waals surface area contributed by atoms with Gasteiger partial charge >= 0.3 is 5.97 Å². The average molecular weight is 352 g/mol.